The molecule has 10 rings (SSSR count). The number of aliphatic hydroxyl groups excluding tert-OH is 1. The lowest BCUT2D eigenvalue weighted by Crippen LogP contribution is -2.67. The lowest BCUT2D eigenvalue weighted by atomic mass is 9.32. The van der Waals surface area contributed by atoms with Crippen LogP contribution in [0.4, 0.5) is 4.79 Å². The first-order valence-corrected chi connectivity index (χ1v) is 20.4. The van der Waals surface area contributed by atoms with Crippen LogP contribution in [0.5, 0.6) is 0 Å². The van der Waals surface area contributed by atoms with Crippen LogP contribution in [0.1, 0.15) is 81.6 Å². The second-order valence-electron chi connectivity index (χ2n) is 17.7. The Bertz CT molecular complexity index is 2220. The maximum absolute atomic E-state index is 15.5. The predicted octanol–water partition coefficient (Wildman–Crippen LogP) is 9.94. The van der Waals surface area contributed by atoms with E-state index in [-0.39, 0.29) is 36.2 Å². The number of ketones is 1. The Kier molecular flexibility index (Phi) is 8.56. The molecule has 6 aliphatic rings. The van der Waals surface area contributed by atoms with Crippen molar-refractivity contribution >= 4 is 22.6 Å². The van der Waals surface area contributed by atoms with Crippen LogP contribution in [0.3, 0.4) is 0 Å². The van der Waals surface area contributed by atoms with Crippen LogP contribution < -0.4 is 0 Å². The minimum Gasteiger partial charge on any atom is -0.450 e. The summed E-state index contributed by atoms with van der Waals surface area (Å²) in [6.07, 6.45) is 11.3. The summed E-state index contributed by atoms with van der Waals surface area (Å²) in [6, 6.07) is 32.5. The molecule has 55 heavy (non-hydrogen) atoms. The summed E-state index contributed by atoms with van der Waals surface area (Å²) in [5, 5.41) is 26.5. The monoisotopic (exact) mass is 735 g/mol. The predicted molar refractivity (Wildman–Crippen MR) is 216 cm³/mol. The minimum absolute atomic E-state index is 0.0392. The lowest BCUT2D eigenvalue weighted by Gasteiger charge is -2.71. The van der Waals surface area contributed by atoms with Gasteiger partial charge in [0.25, 0.3) is 0 Å². The Morgan fingerprint density at radius 3 is 2.31 bits per heavy atom. The first kappa shape index (κ1) is 36.1. The van der Waals surface area contributed by atoms with Crippen molar-refractivity contribution in [2.45, 2.75) is 84.0 Å². The summed E-state index contributed by atoms with van der Waals surface area (Å²) in [4.78, 5) is 31.0. The van der Waals surface area contributed by atoms with Crippen molar-refractivity contribution in [3.05, 3.63) is 132 Å². The Hall–Kier alpha value is -4.52. The van der Waals surface area contributed by atoms with E-state index < -0.39 is 34.0 Å². The summed E-state index contributed by atoms with van der Waals surface area (Å²) in [5.74, 6) is 0.171. The van der Waals surface area contributed by atoms with Crippen LogP contribution in [0.2, 0.25) is 0 Å². The van der Waals surface area contributed by atoms with Gasteiger partial charge in [-0.05, 0) is 96.6 Å². The molecule has 4 aromatic carbocycles. The van der Waals surface area contributed by atoms with E-state index in [0.717, 1.165) is 65.1 Å². The molecule has 8 unspecified atom stereocenters. The topological polar surface area (TPSA) is 87.1 Å². The molecule has 284 valence electrons. The highest BCUT2D eigenvalue weighted by Gasteiger charge is 2.74. The number of Topliss-reactive ketones (excluding diaryl/α,β-unsaturated/α-hetero) is 1. The number of benzene rings is 4. The van der Waals surface area contributed by atoms with Gasteiger partial charge in [0.1, 0.15) is 0 Å². The molecule has 8 atom stereocenters. The first-order valence-electron chi connectivity index (χ1n) is 20.4. The maximum Gasteiger partial charge on any atom is 0.410 e. The van der Waals surface area contributed by atoms with Crippen LogP contribution in [0, 0.1) is 33.5 Å². The van der Waals surface area contributed by atoms with E-state index >= 15 is 4.79 Å². The molecule has 0 aromatic heterocycles. The van der Waals surface area contributed by atoms with Gasteiger partial charge in [-0.3, -0.25) is 4.79 Å². The fourth-order valence-electron chi connectivity index (χ4n) is 12.6. The molecule has 6 heteroatoms. The van der Waals surface area contributed by atoms with Gasteiger partial charge in [0.05, 0.1) is 24.9 Å². The van der Waals surface area contributed by atoms with Gasteiger partial charge in [-0.1, -0.05) is 129 Å². The molecule has 3 saturated carbocycles. The van der Waals surface area contributed by atoms with Gasteiger partial charge in [-0.25, -0.2) is 4.79 Å². The van der Waals surface area contributed by atoms with E-state index in [9.17, 15) is 15.0 Å². The normalized spacial score (nSPS) is 34.3. The molecule has 6 nitrogen and oxygen atoms in total. The summed E-state index contributed by atoms with van der Waals surface area (Å²) in [7, 11) is 0. The van der Waals surface area contributed by atoms with E-state index in [2.05, 4.69) is 68.5 Å². The summed E-state index contributed by atoms with van der Waals surface area (Å²) >= 11 is 0. The highest BCUT2D eigenvalue weighted by Crippen LogP contribution is 2.78. The number of carbonyl (C=O) groups excluding carboxylic acids is 2. The maximum atomic E-state index is 15.5. The van der Waals surface area contributed by atoms with E-state index in [1.807, 2.05) is 67.6 Å². The van der Waals surface area contributed by atoms with E-state index in [1.165, 1.54) is 0 Å². The van der Waals surface area contributed by atoms with Crippen molar-refractivity contribution in [2.24, 2.45) is 33.5 Å². The molecule has 0 saturated heterocycles. The molecule has 2 bridgehead atoms. The molecule has 4 aromatic rings. The Balaban J connectivity index is 1.14. The van der Waals surface area contributed by atoms with Crippen LogP contribution in [-0.4, -0.2) is 51.8 Å². The van der Waals surface area contributed by atoms with Gasteiger partial charge in [0.15, 0.2) is 5.78 Å². The fourth-order valence-corrected chi connectivity index (χ4v) is 12.6. The highest BCUT2D eigenvalue weighted by atomic mass is 16.6. The summed E-state index contributed by atoms with van der Waals surface area (Å²) < 4.78 is 5.66. The fraction of sp³-hybridized carbons (Fsp3) is 0.429. The number of hydrogen-bond acceptors (Lipinski definition) is 5. The second kappa shape index (κ2) is 13.0. The highest BCUT2D eigenvalue weighted by molar-refractivity contribution is 6.14. The smallest absolute Gasteiger partial charge is 0.410 e. The summed E-state index contributed by atoms with van der Waals surface area (Å²) in [5.41, 5.74) is 1.45. The number of rotatable bonds is 8. The minimum atomic E-state index is -1.21. The lowest BCUT2D eigenvalue weighted by molar-refractivity contribution is -0.175. The third-order valence-corrected chi connectivity index (χ3v) is 15.4. The average molecular weight is 736 g/mol. The zero-order valence-electron chi connectivity index (χ0n) is 32.3. The number of aliphatic hydroxyl groups is 2. The molecule has 1 amide bonds. The van der Waals surface area contributed by atoms with Crippen molar-refractivity contribution in [2.75, 3.05) is 13.2 Å². The number of fused-ring (bicyclic) bond motifs is 2. The zero-order chi connectivity index (χ0) is 38.2. The van der Waals surface area contributed by atoms with Crippen LogP contribution in [0.15, 0.2) is 121 Å². The number of allylic oxidation sites excluding steroid dienone is 4. The Morgan fingerprint density at radius 2 is 1.49 bits per heavy atom. The molecule has 2 N–H and O–H groups in total. The van der Waals surface area contributed by atoms with Gasteiger partial charge in [0, 0.05) is 33.9 Å². The molecule has 2 spiro atoms. The van der Waals surface area contributed by atoms with E-state index in [0.29, 0.717) is 24.9 Å². The third-order valence-electron chi connectivity index (χ3n) is 15.4. The van der Waals surface area contributed by atoms with Gasteiger partial charge in [-0.15, -0.1) is 0 Å². The average Bonchev–Trinajstić information content (AvgIpc) is 3.47. The molecular weight excluding hydrogens is 683 g/mol. The standard InChI is InChI=1S/C49H53NO5/c1-4-55-44(53)50(31-35-17-12-16-33-15-8-9-18-37(33)35)32-48(54)26-23-42-46(48,3)25-22-41-45(2)24-21-36(51)29-47(45)27-28-49(41,42)40(30-47)43(52)39-20-11-10-19-38(39)34-13-6-5-7-14-34/h5-20,27-28,30,36,41-42,51,54H,4,21-26,29,31-32H2,1-3H3. The van der Waals surface area contributed by atoms with Gasteiger partial charge < -0.3 is 19.8 Å². The zero-order valence-corrected chi connectivity index (χ0v) is 32.3. The number of ether oxygens (including phenoxy) is 1. The first-order chi connectivity index (χ1) is 26.5. The number of hydrogen-bond donors (Lipinski definition) is 2. The Labute approximate surface area is 324 Å². The van der Waals surface area contributed by atoms with Crippen molar-refractivity contribution in [3.8, 4) is 11.1 Å². The number of amides is 1. The quantitative estimate of drug-likeness (QED) is 0.139. The van der Waals surface area contributed by atoms with Crippen LogP contribution >= 0.6 is 0 Å². The number of nitrogens with zero attached hydrogens (tertiary/aromatic N) is 1. The van der Waals surface area contributed by atoms with Crippen LogP contribution in [0.25, 0.3) is 21.9 Å². The van der Waals surface area contributed by atoms with E-state index in [4.69, 9.17) is 4.74 Å². The van der Waals surface area contributed by atoms with Crippen molar-refractivity contribution in [1.82, 2.24) is 4.90 Å². The third kappa shape index (κ3) is 5.20. The van der Waals surface area contributed by atoms with Gasteiger partial charge in [0.2, 0.25) is 0 Å². The van der Waals surface area contributed by atoms with Crippen molar-refractivity contribution in [3.63, 3.8) is 0 Å². The molecule has 6 aliphatic carbocycles. The Morgan fingerprint density at radius 1 is 0.800 bits per heavy atom. The largest absolute Gasteiger partial charge is 0.450 e. The van der Waals surface area contributed by atoms with Crippen molar-refractivity contribution in [1.29, 1.82) is 0 Å². The SMILES string of the molecule is CCOC(=O)N(Cc1cccc2ccccc12)CC1(O)CCC2C34C=CC5(C=C3C(=O)c3ccccc3-c3ccccc3)CC(O)CCC5(C)C4CCC21C. The van der Waals surface area contributed by atoms with E-state index in [1.54, 1.807) is 4.90 Å². The molecular formula is C49H53NO5. The molecule has 3 fully saturated rings. The van der Waals surface area contributed by atoms with Crippen LogP contribution in [-0.2, 0) is 11.3 Å². The molecule has 0 heterocycles. The molecule has 0 radical (unpaired) electrons. The van der Waals surface area contributed by atoms with Gasteiger partial charge in [-0.2, -0.15) is 0 Å². The number of carbonyl (C=O) groups is 2. The van der Waals surface area contributed by atoms with Gasteiger partial charge >= 0.3 is 6.09 Å². The van der Waals surface area contributed by atoms with Crippen molar-refractivity contribution < 1.29 is 24.5 Å². The summed E-state index contributed by atoms with van der Waals surface area (Å²) in [6.45, 7) is 7.17. The molecule has 0 aliphatic heterocycles. The second-order valence-corrected chi connectivity index (χ2v) is 17.7.